The Hall–Kier alpha value is -3.70. The molecule has 1 heterocycles. The SMILES string of the molecule is Cc1c(-c2ccccc2)oc2c(C(=O)NC[C@H](O)c3ccccc3)cccc2c1=O. The first-order valence-electron chi connectivity index (χ1n) is 9.69. The molecule has 1 aromatic heterocycles. The molecule has 4 rings (SSSR count). The summed E-state index contributed by atoms with van der Waals surface area (Å²) in [4.78, 5) is 25.8. The van der Waals surface area contributed by atoms with Crippen LogP contribution in [0.4, 0.5) is 0 Å². The van der Waals surface area contributed by atoms with Crippen molar-refractivity contribution in [2.24, 2.45) is 0 Å². The van der Waals surface area contributed by atoms with Crippen molar-refractivity contribution in [2.45, 2.75) is 13.0 Å². The standard InChI is InChI=1S/C25H21NO4/c1-16-22(28)19-13-8-14-20(24(19)30-23(16)18-11-6-3-7-12-18)25(29)26-15-21(27)17-9-4-2-5-10-17/h2-14,21,27H,15H2,1H3,(H,26,29)/t21-/m0/s1. The van der Waals surface area contributed by atoms with Gasteiger partial charge in [-0.15, -0.1) is 0 Å². The third-order valence-electron chi connectivity index (χ3n) is 5.07. The molecule has 3 aromatic carbocycles. The van der Waals surface area contributed by atoms with Gasteiger partial charge in [-0.05, 0) is 24.6 Å². The van der Waals surface area contributed by atoms with Crippen LogP contribution in [0.5, 0.6) is 0 Å². The lowest BCUT2D eigenvalue weighted by atomic mass is 10.0. The van der Waals surface area contributed by atoms with Crippen LogP contribution in [0.25, 0.3) is 22.3 Å². The Balaban J connectivity index is 1.70. The summed E-state index contributed by atoms with van der Waals surface area (Å²) in [6.45, 7) is 1.76. The van der Waals surface area contributed by atoms with E-state index in [2.05, 4.69) is 5.32 Å². The van der Waals surface area contributed by atoms with Crippen LogP contribution in [0.2, 0.25) is 0 Å². The molecule has 0 radical (unpaired) electrons. The fourth-order valence-electron chi connectivity index (χ4n) is 3.43. The van der Waals surface area contributed by atoms with Gasteiger partial charge in [0.2, 0.25) is 0 Å². The Morgan fingerprint density at radius 2 is 1.63 bits per heavy atom. The van der Waals surface area contributed by atoms with Crippen molar-refractivity contribution in [3.05, 3.63) is 106 Å². The molecule has 0 bridgehead atoms. The van der Waals surface area contributed by atoms with Gasteiger partial charge in [-0.3, -0.25) is 9.59 Å². The number of rotatable bonds is 5. The van der Waals surface area contributed by atoms with Crippen molar-refractivity contribution in [3.63, 3.8) is 0 Å². The van der Waals surface area contributed by atoms with Gasteiger partial charge in [0.15, 0.2) is 11.0 Å². The van der Waals surface area contributed by atoms with Crippen LogP contribution in [0.3, 0.4) is 0 Å². The van der Waals surface area contributed by atoms with Crippen molar-refractivity contribution in [2.75, 3.05) is 6.54 Å². The minimum Gasteiger partial charge on any atom is -0.455 e. The first kappa shape index (κ1) is 19.6. The van der Waals surface area contributed by atoms with E-state index in [9.17, 15) is 14.7 Å². The van der Waals surface area contributed by atoms with Gasteiger partial charge in [0.1, 0.15) is 5.76 Å². The summed E-state index contributed by atoms with van der Waals surface area (Å²) in [5.41, 5.74) is 2.29. The Bertz CT molecular complexity index is 1250. The van der Waals surface area contributed by atoms with Crippen molar-refractivity contribution in [3.8, 4) is 11.3 Å². The number of aliphatic hydroxyl groups is 1. The summed E-state index contributed by atoms with van der Waals surface area (Å²) >= 11 is 0. The van der Waals surface area contributed by atoms with Crippen molar-refractivity contribution in [1.29, 1.82) is 0 Å². The molecule has 2 N–H and O–H groups in total. The van der Waals surface area contributed by atoms with Crippen LogP contribution in [0, 0.1) is 6.92 Å². The summed E-state index contributed by atoms with van der Waals surface area (Å²) in [7, 11) is 0. The fourth-order valence-corrected chi connectivity index (χ4v) is 3.43. The van der Waals surface area contributed by atoms with E-state index in [-0.39, 0.29) is 23.1 Å². The molecule has 150 valence electrons. The Morgan fingerprint density at radius 1 is 0.967 bits per heavy atom. The van der Waals surface area contributed by atoms with E-state index < -0.39 is 12.0 Å². The van der Waals surface area contributed by atoms with Gasteiger partial charge in [-0.1, -0.05) is 66.7 Å². The number of aliphatic hydroxyl groups excluding tert-OH is 1. The number of para-hydroxylation sites is 1. The molecule has 1 atom stereocenters. The average molecular weight is 399 g/mol. The molecule has 4 aromatic rings. The number of fused-ring (bicyclic) bond motifs is 1. The molecule has 0 saturated heterocycles. The minimum atomic E-state index is -0.834. The third-order valence-corrected chi connectivity index (χ3v) is 5.07. The Labute approximate surface area is 173 Å². The Morgan fingerprint density at radius 3 is 2.33 bits per heavy atom. The summed E-state index contributed by atoms with van der Waals surface area (Å²) in [6, 6.07) is 23.3. The minimum absolute atomic E-state index is 0.0425. The number of hydrogen-bond acceptors (Lipinski definition) is 4. The summed E-state index contributed by atoms with van der Waals surface area (Å²) < 4.78 is 6.08. The maximum atomic E-state index is 12.9. The first-order chi connectivity index (χ1) is 14.6. The van der Waals surface area contributed by atoms with Crippen molar-refractivity contribution < 1.29 is 14.3 Å². The van der Waals surface area contributed by atoms with Gasteiger partial charge in [0, 0.05) is 17.7 Å². The van der Waals surface area contributed by atoms with Crippen LogP contribution in [-0.2, 0) is 0 Å². The molecule has 0 aliphatic carbocycles. The summed E-state index contributed by atoms with van der Waals surface area (Å²) in [5.74, 6) is 0.0271. The van der Waals surface area contributed by atoms with E-state index in [4.69, 9.17) is 4.42 Å². The molecule has 5 nitrogen and oxygen atoms in total. The van der Waals surface area contributed by atoms with Crippen LogP contribution in [0.1, 0.15) is 27.6 Å². The molecule has 5 heteroatoms. The Kier molecular flexibility index (Phi) is 5.46. The van der Waals surface area contributed by atoms with Gasteiger partial charge in [-0.25, -0.2) is 0 Å². The second-order valence-electron chi connectivity index (χ2n) is 7.07. The lowest BCUT2D eigenvalue weighted by Gasteiger charge is -2.13. The maximum Gasteiger partial charge on any atom is 0.255 e. The third kappa shape index (κ3) is 3.75. The second-order valence-corrected chi connectivity index (χ2v) is 7.07. The molecule has 0 spiro atoms. The van der Waals surface area contributed by atoms with Gasteiger partial charge < -0.3 is 14.8 Å². The second kappa shape index (κ2) is 8.35. The molecule has 1 amide bonds. The number of amides is 1. The van der Waals surface area contributed by atoms with Crippen LogP contribution in [-0.4, -0.2) is 17.6 Å². The monoisotopic (exact) mass is 399 g/mol. The zero-order valence-electron chi connectivity index (χ0n) is 16.5. The predicted molar refractivity (Wildman–Crippen MR) is 116 cm³/mol. The van der Waals surface area contributed by atoms with E-state index in [1.807, 2.05) is 48.5 Å². The number of carbonyl (C=O) groups is 1. The van der Waals surface area contributed by atoms with Gasteiger partial charge in [0.25, 0.3) is 5.91 Å². The van der Waals surface area contributed by atoms with Gasteiger partial charge in [-0.2, -0.15) is 0 Å². The molecule has 0 fully saturated rings. The number of carbonyl (C=O) groups excluding carboxylic acids is 1. The normalized spacial score (nSPS) is 11.9. The number of benzene rings is 3. The zero-order valence-corrected chi connectivity index (χ0v) is 16.5. The maximum absolute atomic E-state index is 12.9. The van der Waals surface area contributed by atoms with Crippen LogP contribution < -0.4 is 10.7 Å². The van der Waals surface area contributed by atoms with E-state index in [1.54, 1.807) is 37.3 Å². The number of hydrogen-bond donors (Lipinski definition) is 2. The zero-order chi connectivity index (χ0) is 21.1. The lowest BCUT2D eigenvalue weighted by molar-refractivity contribution is 0.0917. The highest BCUT2D eigenvalue weighted by molar-refractivity contribution is 6.05. The predicted octanol–water partition coefficient (Wildman–Crippen LogP) is 4.23. The van der Waals surface area contributed by atoms with E-state index in [0.717, 1.165) is 5.56 Å². The molecular formula is C25H21NO4. The van der Waals surface area contributed by atoms with Gasteiger partial charge >= 0.3 is 0 Å². The molecule has 0 unspecified atom stereocenters. The largest absolute Gasteiger partial charge is 0.455 e. The molecule has 0 aliphatic heterocycles. The smallest absolute Gasteiger partial charge is 0.255 e. The van der Waals surface area contributed by atoms with Crippen LogP contribution >= 0.6 is 0 Å². The highest BCUT2D eigenvalue weighted by atomic mass is 16.3. The highest BCUT2D eigenvalue weighted by Crippen LogP contribution is 2.27. The fraction of sp³-hybridized carbons (Fsp3) is 0.120. The van der Waals surface area contributed by atoms with Crippen molar-refractivity contribution >= 4 is 16.9 Å². The average Bonchev–Trinajstić information content (AvgIpc) is 2.80. The molecule has 0 aliphatic rings. The topological polar surface area (TPSA) is 79.5 Å². The molecular weight excluding hydrogens is 378 g/mol. The molecule has 0 saturated carbocycles. The van der Waals surface area contributed by atoms with Crippen molar-refractivity contribution in [1.82, 2.24) is 5.32 Å². The molecule has 30 heavy (non-hydrogen) atoms. The lowest BCUT2D eigenvalue weighted by Crippen LogP contribution is -2.28. The first-order valence-corrected chi connectivity index (χ1v) is 9.69. The summed E-state index contributed by atoms with van der Waals surface area (Å²) in [5, 5.41) is 13.4. The van der Waals surface area contributed by atoms with E-state index in [1.165, 1.54) is 0 Å². The quantitative estimate of drug-likeness (QED) is 0.526. The van der Waals surface area contributed by atoms with Crippen LogP contribution in [0.15, 0.2) is 88.1 Å². The van der Waals surface area contributed by atoms with E-state index >= 15 is 0 Å². The highest BCUT2D eigenvalue weighted by Gasteiger charge is 2.19. The summed E-state index contributed by atoms with van der Waals surface area (Å²) in [6.07, 6.45) is -0.834. The van der Waals surface area contributed by atoms with E-state index in [0.29, 0.717) is 22.3 Å². The number of nitrogens with one attached hydrogen (secondary N) is 1. The van der Waals surface area contributed by atoms with Gasteiger partial charge in [0.05, 0.1) is 17.1 Å².